The maximum Gasteiger partial charge on any atom is 0.256 e. The van der Waals surface area contributed by atoms with Crippen LogP contribution in [0.1, 0.15) is 10.4 Å². The molecule has 0 aliphatic carbocycles. The standard InChI is InChI=1S/C14H13BrIN3O/c1-19(2)13-6-4-10(8-17-13)18-14(20)11-7-9(15)3-5-12(11)16/h3-8H,1-2H3,(H,18,20). The van der Waals surface area contributed by atoms with Crippen LogP contribution in [0.3, 0.4) is 0 Å². The lowest BCUT2D eigenvalue weighted by Crippen LogP contribution is -2.14. The van der Waals surface area contributed by atoms with Crippen LogP contribution in [-0.2, 0) is 0 Å². The van der Waals surface area contributed by atoms with Gasteiger partial charge in [0.25, 0.3) is 5.91 Å². The molecule has 1 aromatic carbocycles. The first-order chi connectivity index (χ1) is 9.47. The molecule has 2 aromatic rings. The molecule has 0 aliphatic heterocycles. The molecule has 0 unspecified atom stereocenters. The van der Waals surface area contributed by atoms with Gasteiger partial charge in [-0.15, -0.1) is 0 Å². The van der Waals surface area contributed by atoms with Crippen LogP contribution in [0, 0.1) is 3.57 Å². The maximum absolute atomic E-state index is 12.2. The van der Waals surface area contributed by atoms with Crippen molar-refractivity contribution < 1.29 is 4.79 Å². The van der Waals surface area contributed by atoms with E-state index in [9.17, 15) is 4.79 Å². The fourth-order valence-electron chi connectivity index (χ4n) is 1.59. The quantitative estimate of drug-likeness (QED) is 0.731. The zero-order valence-electron chi connectivity index (χ0n) is 11.0. The van der Waals surface area contributed by atoms with Crippen LogP contribution in [0.25, 0.3) is 0 Å². The van der Waals surface area contributed by atoms with Gasteiger partial charge in [0.1, 0.15) is 5.82 Å². The maximum atomic E-state index is 12.2. The normalized spacial score (nSPS) is 10.2. The first-order valence-corrected chi connectivity index (χ1v) is 7.74. The molecule has 0 atom stereocenters. The SMILES string of the molecule is CN(C)c1ccc(NC(=O)c2cc(Br)ccc2I)cn1. The minimum atomic E-state index is -0.143. The second-order valence-electron chi connectivity index (χ2n) is 4.38. The van der Waals surface area contributed by atoms with Gasteiger partial charge in [0.15, 0.2) is 0 Å². The molecule has 1 amide bonds. The van der Waals surface area contributed by atoms with Gasteiger partial charge >= 0.3 is 0 Å². The van der Waals surface area contributed by atoms with E-state index in [0.29, 0.717) is 11.3 Å². The molecule has 6 heteroatoms. The predicted molar refractivity (Wildman–Crippen MR) is 93.4 cm³/mol. The Morgan fingerprint density at radius 1 is 1.30 bits per heavy atom. The van der Waals surface area contributed by atoms with Crippen molar-refractivity contribution in [1.82, 2.24) is 4.98 Å². The van der Waals surface area contributed by atoms with Gasteiger partial charge in [-0.1, -0.05) is 15.9 Å². The fraction of sp³-hybridized carbons (Fsp3) is 0.143. The Labute approximate surface area is 139 Å². The highest BCUT2D eigenvalue weighted by molar-refractivity contribution is 14.1. The molecule has 0 spiro atoms. The molecule has 1 heterocycles. The number of nitrogens with zero attached hydrogens (tertiary/aromatic N) is 2. The number of benzene rings is 1. The number of anilines is 2. The largest absolute Gasteiger partial charge is 0.363 e. The molecule has 2 rings (SSSR count). The first-order valence-electron chi connectivity index (χ1n) is 5.87. The summed E-state index contributed by atoms with van der Waals surface area (Å²) in [6.45, 7) is 0. The van der Waals surface area contributed by atoms with E-state index in [1.54, 1.807) is 12.3 Å². The molecular formula is C14H13BrIN3O. The number of carbonyl (C=O) groups is 1. The Bertz CT molecular complexity index is 629. The minimum Gasteiger partial charge on any atom is -0.363 e. The summed E-state index contributed by atoms with van der Waals surface area (Å²) in [6.07, 6.45) is 1.65. The smallest absolute Gasteiger partial charge is 0.256 e. The van der Waals surface area contributed by atoms with E-state index in [2.05, 4.69) is 48.8 Å². The van der Waals surface area contributed by atoms with Crippen molar-refractivity contribution in [1.29, 1.82) is 0 Å². The molecular weight excluding hydrogens is 433 g/mol. The van der Waals surface area contributed by atoms with Crippen molar-refractivity contribution in [3.8, 4) is 0 Å². The van der Waals surface area contributed by atoms with Gasteiger partial charge in [0.05, 0.1) is 17.4 Å². The van der Waals surface area contributed by atoms with Crippen molar-refractivity contribution in [3.63, 3.8) is 0 Å². The third-order valence-electron chi connectivity index (χ3n) is 2.64. The Morgan fingerprint density at radius 3 is 2.65 bits per heavy atom. The van der Waals surface area contributed by atoms with Gasteiger partial charge in [-0.05, 0) is 52.9 Å². The summed E-state index contributed by atoms with van der Waals surface area (Å²) in [5.41, 5.74) is 1.31. The number of pyridine rings is 1. The molecule has 4 nitrogen and oxygen atoms in total. The zero-order valence-corrected chi connectivity index (χ0v) is 14.8. The van der Waals surface area contributed by atoms with E-state index < -0.39 is 0 Å². The summed E-state index contributed by atoms with van der Waals surface area (Å²) >= 11 is 5.52. The summed E-state index contributed by atoms with van der Waals surface area (Å²) in [6, 6.07) is 9.31. The van der Waals surface area contributed by atoms with Crippen LogP contribution < -0.4 is 10.2 Å². The lowest BCUT2D eigenvalue weighted by atomic mass is 10.2. The molecule has 0 fully saturated rings. The Morgan fingerprint density at radius 2 is 2.05 bits per heavy atom. The highest BCUT2D eigenvalue weighted by Gasteiger charge is 2.11. The molecule has 0 bridgehead atoms. The average Bonchev–Trinajstić information content (AvgIpc) is 2.42. The number of halogens is 2. The van der Waals surface area contributed by atoms with Crippen molar-refractivity contribution in [3.05, 3.63) is 50.1 Å². The number of carbonyl (C=O) groups excluding carboxylic acids is 1. The van der Waals surface area contributed by atoms with Crippen molar-refractivity contribution in [2.75, 3.05) is 24.3 Å². The Hall–Kier alpha value is -1.15. The van der Waals surface area contributed by atoms with Gasteiger partial charge in [0, 0.05) is 22.1 Å². The number of aromatic nitrogens is 1. The number of hydrogen-bond acceptors (Lipinski definition) is 3. The third-order valence-corrected chi connectivity index (χ3v) is 4.07. The van der Waals surface area contributed by atoms with Gasteiger partial charge < -0.3 is 10.2 Å². The fourth-order valence-corrected chi connectivity index (χ4v) is 2.54. The van der Waals surface area contributed by atoms with E-state index in [0.717, 1.165) is 13.9 Å². The summed E-state index contributed by atoms with van der Waals surface area (Å²) in [7, 11) is 3.84. The molecule has 0 saturated carbocycles. The first kappa shape index (κ1) is 15.2. The number of rotatable bonds is 3. The van der Waals surface area contributed by atoms with Gasteiger partial charge in [-0.25, -0.2) is 4.98 Å². The second kappa shape index (κ2) is 6.53. The molecule has 104 valence electrons. The molecule has 1 N–H and O–H groups in total. The molecule has 0 saturated heterocycles. The van der Waals surface area contributed by atoms with Crippen LogP contribution in [0.2, 0.25) is 0 Å². The minimum absolute atomic E-state index is 0.143. The lowest BCUT2D eigenvalue weighted by Gasteiger charge is -2.12. The second-order valence-corrected chi connectivity index (χ2v) is 6.46. The van der Waals surface area contributed by atoms with Gasteiger partial charge in [0.2, 0.25) is 0 Å². The monoisotopic (exact) mass is 445 g/mol. The molecule has 0 radical (unpaired) electrons. The average molecular weight is 446 g/mol. The highest BCUT2D eigenvalue weighted by atomic mass is 127. The van der Waals surface area contributed by atoms with Gasteiger partial charge in [-0.2, -0.15) is 0 Å². The van der Waals surface area contributed by atoms with E-state index in [4.69, 9.17) is 0 Å². The molecule has 0 aliphatic rings. The summed E-state index contributed by atoms with van der Waals surface area (Å²) in [5, 5.41) is 2.85. The van der Waals surface area contributed by atoms with E-state index in [1.165, 1.54) is 0 Å². The summed E-state index contributed by atoms with van der Waals surface area (Å²) in [5.74, 6) is 0.704. The summed E-state index contributed by atoms with van der Waals surface area (Å²) in [4.78, 5) is 18.4. The van der Waals surface area contributed by atoms with Crippen molar-refractivity contribution in [2.24, 2.45) is 0 Å². The van der Waals surface area contributed by atoms with E-state index >= 15 is 0 Å². The number of amides is 1. The van der Waals surface area contributed by atoms with E-state index in [1.807, 2.05) is 43.3 Å². The van der Waals surface area contributed by atoms with Crippen LogP contribution >= 0.6 is 38.5 Å². The number of nitrogens with one attached hydrogen (secondary N) is 1. The van der Waals surface area contributed by atoms with E-state index in [-0.39, 0.29) is 5.91 Å². The van der Waals surface area contributed by atoms with Crippen LogP contribution in [-0.4, -0.2) is 25.0 Å². The third kappa shape index (κ3) is 3.69. The van der Waals surface area contributed by atoms with Crippen LogP contribution in [0.5, 0.6) is 0 Å². The topological polar surface area (TPSA) is 45.2 Å². The Balaban J connectivity index is 2.17. The highest BCUT2D eigenvalue weighted by Crippen LogP contribution is 2.20. The lowest BCUT2D eigenvalue weighted by molar-refractivity contribution is 0.102. The molecule has 20 heavy (non-hydrogen) atoms. The van der Waals surface area contributed by atoms with Crippen LogP contribution in [0.15, 0.2) is 41.0 Å². The predicted octanol–water partition coefficient (Wildman–Crippen LogP) is 3.77. The Kier molecular flexibility index (Phi) is 4.98. The summed E-state index contributed by atoms with van der Waals surface area (Å²) < 4.78 is 1.78. The van der Waals surface area contributed by atoms with Crippen molar-refractivity contribution in [2.45, 2.75) is 0 Å². The van der Waals surface area contributed by atoms with Crippen molar-refractivity contribution >= 4 is 55.9 Å². The van der Waals surface area contributed by atoms with Crippen LogP contribution in [0.4, 0.5) is 11.5 Å². The zero-order chi connectivity index (χ0) is 14.7. The number of hydrogen-bond donors (Lipinski definition) is 1. The van der Waals surface area contributed by atoms with Gasteiger partial charge in [-0.3, -0.25) is 4.79 Å². The molecule has 1 aromatic heterocycles.